The van der Waals surface area contributed by atoms with Crippen molar-refractivity contribution in [1.82, 2.24) is 9.55 Å². The van der Waals surface area contributed by atoms with Gasteiger partial charge in [-0.1, -0.05) is 33.8 Å². The highest BCUT2D eigenvalue weighted by Crippen LogP contribution is 2.21. The quantitative estimate of drug-likeness (QED) is 0.425. The standard InChI is InChI=1S/C19H17BrFN3O3S/c1-27-8-7-24-18(26)15-9-12(20)5-6-16(15)23-19(24)28-11-17(25)22-14-4-2-3-13(21)10-14/h2-6,9-10H,7-8,11H2,1H3,(H,22,25). The van der Waals surface area contributed by atoms with Crippen molar-refractivity contribution in [1.29, 1.82) is 0 Å². The molecule has 1 aromatic heterocycles. The number of carbonyl (C=O) groups is 1. The lowest BCUT2D eigenvalue weighted by Gasteiger charge is -2.13. The fourth-order valence-corrected chi connectivity index (χ4v) is 3.74. The third kappa shape index (κ3) is 4.98. The van der Waals surface area contributed by atoms with E-state index in [-0.39, 0.29) is 17.2 Å². The van der Waals surface area contributed by atoms with Crippen molar-refractivity contribution in [2.24, 2.45) is 0 Å². The zero-order valence-corrected chi connectivity index (χ0v) is 17.3. The lowest BCUT2D eigenvalue weighted by Crippen LogP contribution is -2.26. The van der Waals surface area contributed by atoms with E-state index in [1.165, 1.54) is 22.8 Å². The number of ether oxygens (including phenoxy) is 1. The van der Waals surface area contributed by atoms with Crippen molar-refractivity contribution in [3.8, 4) is 0 Å². The number of nitrogens with one attached hydrogen (secondary N) is 1. The highest BCUT2D eigenvalue weighted by atomic mass is 79.9. The number of amides is 1. The van der Waals surface area contributed by atoms with Crippen molar-refractivity contribution < 1.29 is 13.9 Å². The van der Waals surface area contributed by atoms with Crippen LogP contribution in [0.3, 0.4) is 0 Å². The predicted molar refractivity (Wildman–Crippen MR) is 111 cm³/mol. The van der Waals surface area contributed by atoms with Gasteiger partial charge in [0.2, 0.25) is 5.91 Å². The molecule has 0 spiro atoms. The summed E-state index contributed by atoms with van der Waals surface area (Å²) >= 11 is 4.50. The Labute approximate surface area is 173 Å². The van der Waals surface area contributed by atoms with Gasteiger partial charge < -0.3 is 10.1 Å². The summed E-state index contributed by atoms with van der Waals surface area (Å²) in [6, 6.07) is 10.9. The molecule has 146 valence electrons. The maximum atomic E-state index is 13.2. The van der Waals surface area contributed by atoms with Crippen LogP contribution >= 0.6 is 27.7 Å². The molecule has 1 amide bonds. The average molecular weight is 466 g/mol. The molecule has 9 heteroatoms. The second kappa shape index (κ2) is 9.31. The molecule has 0 unspecified atom stereocenters. The molecule has 0 bridgehead atoms. The van der Waals surface area contributed by atoms with Gasteiger partial charge in [0.1, 0.15) is 5.82 Å². The van der Waals surface area contributed by atoms with Crippen molar-refractivity contribution in [3.63, 3.8) is 0 Å². The minimum atomic E-state index is -0.429. The number of hydrogen-bond acceptors (Lipinski definition) is 5. The molecule has 1 N–H and O–H groups in total. The second-order valence-corrected chi connectivity index (χ2v) is 7.71. The summed E-state index contributed by atoms with van der Waals surface area (Å²) in [4.78, 5) is 29.6. The van der Waals surface area contributed by atoms with Crippen LogP contribution in [-0.4, -0.2) is 34.9 Å². The number of nitrogens with zero attached hydrogens (tertiary/aromatic N) is 2. The number of fused-ring (bicyclic) bond motifs is 1. The number of benzene rings is 2. The first-order valence-corrected chi connectivity index (χ1v) is 10.1. The topological polar surface area (TPSA) is 73.2 Å². The van der Waals surface area contributed by atoms with E-state index in [2.05, 4.69) is 26.2 Å². The molecule has 28 heavy (non-hydrogen) atoms. The van der Waals surface area contributed by atoms with E-state index in [0.717, 1.165) is 16.2 Å². The van der Waals surface area contributed by atoms with Crippen molar-refractivity contribution in [2.45, 2.75) is 11.7 Å². The van der Waals surface area contributed by atoms with Crippen LogP contribution in [0.4, 0.5) is 10.1 Å². The Morgan fingerprint density at radius 2 is 2.14 bits per heavy atom. The van der Waals surface area contributed by atoms with Crippen LogP contribution in [0.5, 0.6) is 0 Å². The van der Waals surface area contributed by atoms with Gasteiger partial charge in [-0.2, -0.15) is 0 Å². The summed E-state index contributed by atoms with van der Waals surface area (Å²) in [6.07, 6.45) is 0. The lowest BCUT2D eigenvalue weighted by molar-refractivity contribution is -0.113. The monoisotopic (exact) mass is 465 g/mol. The number of halogens is 2. The van der Waals surface area contributed by atoms with Gasteiger partial charge in [-0.15, -0.1) is 0 Å². The Balaban J connectivity index is 1.83. The summed E-state index contributed by atoms with van der Waals surface area (Å²) in [5.41, 5.74) is 0.727. The summed E-state index contributed by atoms with van der Waals surface area (Å²) in [5, 5.41) is 3.54. The van der Waals surface area contributed by atoms with Crippen LogP contribution in [0.15, 0.2) is 56.9 Å². The van der Waals surface area contributed by atoms with Gasteiger partial charge in [0.05, 0.1) is 29.8 Å². The summed E-state index contributed by atoms with van der Waals surface area (Å²) in [5.74, 6) is -0.724. The molecule has 2 aromatic carbocycles. The molecule has 1 heterocycles. The van der Waals surface area contributed by atoms with E-state index >= 15 is 0 Å². The minimum absolute atomic E-state index is 0.0258. The molecule has 0 saturated heterocycles. The molecule has 0 saturated carbocycles. The van der Waals surface area contributed by atoms with Crippen LogP contribution in [0.2, 0.25) is 0 Å². The van der Waals surface area contributed by atoms with E-state index in [0.29, 0.717) is 34.9 Å². The van der Waals surface area contributed by atoms with E-state index < -0.39 is 5.82 Å². The smallest absolute Gasteiger partial charge is 0.262 e. The average Bonchev–Trinajstić information content (AvgIpc) is 2.66. The van der Waals surface area contributed by atoms with Crippen molar-refractivity contribution >= 4 is 50.2 Å². The Bertz CT molecular complexity index is 1070. The Hall–Kier alpha value is -2.23. The molecule has 0 aliphatic rings. The van der Waals surface area contributed by atoms with Crippen LogP contribution in [0, 0.1) is 5.82 Å². The molecular formula is C19H17BrFN3O3S. The molecule has 0 fully saturated rings. The molecule has 0 atom stereocenters. The fourth-order valence-electron chi connectivity index (χ4n) is 2.56. The number of aromatic nitrogens is 2. The number of methoxy groups -OCH3 is 1. The van der Waals surface area contributed by atoms with Crippen LogP contribution in [0.1, 0.15) is 0 Å². The van der Waals surface area contributed by atoms with E-state index in [1.54, 1.807) is 31.4 Å². The third-order valence-electron chi connectivity index (χ3n) is 3.84. The highest BCUT2D eigenvalue weighted by molar-refractivity contribution is 9.10. The Morgan fingerprint density at radius 3 is 2.89 bits per heavy atom. The number of anilines is 1. The van der Waals surface area contributed by atoms with Gasteiger partial charge in [0, 0.05) is 17.3 Å². The van der Waals surface area contributed by atoms with Crippen LogP contribution in [0.25, 0.3) is 10.9 Å². The van der Waals surface area contributed by atoms with E-state index in [1.807, 2.05) is 0 Å². The molecule has 6 nitrogen and oxygen atoms in total. The first-order valence-electron chi connectivity index (χ1n) is 8.35. The van der Waals surface area contributed by atoms with Crippen LogP contribution < -0.4 is 10.9 Å². The Morgan fingerprint density at radius 1 is 1.32 bits per heavy atom. The van der Waals surface area contributed by atoms with Crippen molar-refractivity contribution in [2.75, 3.05) is 24.8 Å². The summed E-state index contributed by atoms with van der Waals surface area (Å²) < 4.78 is 20.6. The largest absolute Gasteiger partial charge is 0.383 e. The van der Waals surface area contributed by atoms with Gasteiger partial charge in [0.15, 0.2) is 5.16 Å². The maximum absolute atomic E-state index is 13.2. The van der Waals surface area contributed by atoms with Crippen LogP contribution in [-0.2, 0) is 16.1 Å². The SMILES string of the molecule is COCCn1c(SCC(=O)Nc2cccc(F)c2)nc2ccc(Br)cc2c1=O. The number of hydrogen-bond donors (Lipinski definition) is 1. The summed E-state index contributed by atoms with van der Waals surface area (Å²) in [7, 11) is 1.55. The molecule has 0 aliphatic heterocycles. The van der Waals surface area contributed by atoms with Gasteiger partial charge in [-0.25, -0.2) is 9.37 Å². The molecule has 3 rings (SSSR count). The lowest BCUT2D eigenvalue weighted by atomic mass is 10.2. The zero-order chi connectivity index (χ0) is 20.1. The van der Waals surface area contributed by atoms with E-state index in [9.17, 15) is 14.0 Å². The van der Waals surface area contributed by atoms with E-state index in [4.69, 9.17) is 4.74 Å². The number of rotatable bonds is 7. The zero-order valence-electron chi connectivity index (χ0n) is 14.9. The van der Waals surface area contributed by atoms with Gasteiger partial charge in [-0.3, -0.25) is 14.2 Å². The van der Waals surface area contributed by atoms with Gasteiger partial charge in [0.25, 0.3) is 5.56 Å². The highest BCUT2D eigenvalue weighted by Gasteiger charge is 2.14. The number of thioether (sulfide) groups is 1. The number of carbonyl (C=O) groups excluding carboxylic acids is 1. The predicted octanol–water partition coefficient (Wildman–Crippen LogP) is 3.68. The second-order valence-electron chi connectivity index (χ2n) is 5.85. The molecule has 0 aliphatic carbocycles. The van der Waals surface area contributed by atoms with Gasteiger partial charge >= 0.3 is 0 Å². The molecule has 3 aromatic rings. The van der Waals surface area contributed by atoms with Crippen molar-refractivity contribution in [3.05, 3.63) is 63.1 Å². The first kappa shape index (κ1) is 20.5. The Kier molecular flexibility index (Phi) is 6.82. The maximum Gasteiger partial charge on any atom is 0.262 e. The van der Waals surface area contributed by atoms with Gasteiger partial charge in [-0.05, 0) is 36.4 Å². The normalized spacial score (nSPS) is 11.0. The molecule has 0 radical (unpaired) electrons. The summed E-state index contributed by atoms with van der Waals surface area (Å²) in [6.45, 7) is 0.656. The minimum Gasteiger partial charge on any atom is -0.383 e. The fraction of sp³-hybridized carbons (Fsp3) is 0.211. The third-order valence-corrected chi connectivity index (χ3v) is 5.31. The molecular weight excluding hydrogens is 449 g/mol. The first-order chi connectivity index (χ1) is 13.5.